The first-order valence-corrected chi connectivity index (χ1v) is 9.07. The molecule has 1 atom stereocenters. The van der Waals surface area contributed by atoms with E-state index in [1.54, 1.807) is 12.4 Å². The minimum Gasteiger partial charge on any atom is -0.459 e. The van der Waals surface area contributed by atoms with E-state index in [4.69, 9.17) is 19.8 Å². The molecule has 3 rings (SSSR count). The van der Waals surface area contributed by atoms with E-state index in [0.717, 1.165) is 37.9 Å². The first-order valence-electron chi connectivity index (χ1n) is 9.07. The van der Waals surface area contributed by atoms with Gasteiger partial charge in [0.1, 0.15) is 6.10 Å². The van der Waals surface area contributed by atoms with E-state index in [2.05, 4.69) is 14.9 Å². The smallest absolute Gasteiger partial charge is 0.459 e. The number of hydrogen-bond donors (Lipinski definition) is 1. The van der Waals surface area contributed by atoms with Crippen LogP contribution in [0.5, 0.6) is 6.01 Å². The first-order chi connectivity index (χ1) is 11.8. The summed E-state index contributed by atoms with van der Waals surface area (Å²) in [4.78, 5) is 11.0. The van der Waals surface area contributed by atoms with E-state index in [1.807, 2.05) is 27.7 Å². The molecule has 1 aromatic heterocycles. The Hall–Kier alpha value is -1.22. The topological polar surface area (TPSA) is 82.7 Å². The Morgan fingerprint density at radius 3 is 2.48 bits per heavy atom. The summed E-state index contributed by atoms with van der Waals surface area (Å²) in [6, 6.07) is 0.403. The number of likely N-dealkylation sites (tertiary alicyclic amines) is 1. The summed E-state index contributed by atoms with van der Waals surface area (Å²) in [5, 5.41) is 0. The van der Waals surface area contributed by atoms with Crippen molar-refractivity contribution in [1.29, 1.82) is 0 Å². The van der Waals surface area contributed by atoms with Gasteiger partial charge in [0.15, 0.2) is 0 Å². The molecular formula is C17H29BN4O3. The number of rotatable bonds is 5. The molecule has 3 heterocycles. The van der Waals surface area contributed by atoms with Crippen LogP contribution < -0.4 is 15.9 Å². The van der Waals surface area contributed by atoms with E-state index in [9.17, 15) is 0 Å². The average Bonchev–Trinajstić information content (AvgIpc) is 2.77. The highest BCUT2D eigenvalue weighted by Gasteiger charge is 2.52. The van der Waals surface area contributed by atoms with E-state index < -0.39 is 7.12 Å². The molecule has 0 aliphatic carbocycles. The summed E-state index contributed by atoms with van der Waals surface area (Å²) < 4.78 is 18.0. The molecule has 25 heavy (non-hydrogen) atoms. The number of hydrogen-bond acceptors (Lipinski definition) is 7. The van der Waals surface area contributed by atoms with Crippen LogP contribution in [-0.2, 0) is 9.31 Å². The minimum atomic E-state index is -0.450. The van der Waals surface area contributed by atoms with Crippen molar-refractivity contribution in [3.63, 3.8) is 0 Å². The quantitative estimate of drug-likeness (QED) is 0.780. The molecule has 0 spiro atoms. The van der Waals surface area contributed by atoms with Gasteiger partial charge in [-0.25, -0.2) is 9.97 Å². The summed E-state index contributed by atoms with van der Waals surface area (Å²) >= 11 is 0. The van der Waals surface area contributed by atoms with Gasteiger partial charge in [-0.1, -0.05) is 0 Å². The molecule has 8 heteroatoms. The van der Waals surface area contributed by atoms with Crippen LogP contribution >= 0.6 is 0 Å². The van der Waals surface area contributed by atoms with Gasteiger partial charge in [-0.05, 0) is 47.1 Å². The lowest BCUT2D eigenvalue weighted by Gasteiger charge is -2.32. The maximum absolute atomic E-state index is 6.02. The molecular weight excluding hydrogens is 319 g/mol. The third kappa shape index (κ3) is 4.14. The van der Waals surface area contributed by atoms with Crippen molar-refractivity contribution in [2.75, 3.05) is 26.2 Å². The number of nitrogens with zero attached hydrogens (tertiary/aromatic N) is 3. The van der Waals surface area contributed by atoms with Gasteiger partial charge in [0.05, 0.1) is 11.2 Å². The van der Waals surface area contributed by atoms with Gasteiger partial charge in [-0.2, -0.15) is 0 Å². The normalized spacial score (nSPS) is 26.0. The van der Waals surface area contributed by atoms with Crippen LogP contribution in [0.1, 0.15) is 40.5 Å². The van der Waals surface area contributed by atoms with E-state index >= 15 is 0 Å². The molecule has 2 N–H and O–H groups in total. The van der Waals surface area contributed by atoms with Crippen LogP contribution in [0.2, 0.25) is 0 Å². The molecule has 0 saturated carbocycles. The fraction of sp³-hybridized carbons (Fsp3) is 0.765. The predicted molar refractivity (Wildman–Crippen MR) is 96.9 cm³/mol. The third-order valence-electron chi connectivity index (χ3n) is 5.35. The average molecular weight is 348 g/mol. The fourth-order valence-electron chi connectivity index (χ4n) is 3.13. The fourth-order valence-corrected chi connectivity index (χ4v) is 3.13. The van der Waals surface area contributed by atoms with E-state index in [-0.39, 0.29) is 17.3 Å². The molecule has 1 aromatic rings. The Labute approximate surface area is 150 Å². The van der Waals surface area contributed by atoms with Gasteiger partial charge in [-0.3, -0.25) is 4.90 Å². The van der Waals surface area contributed by atoms with Crippen LogP contribution in [0.25, 0.3) is 0 Å². The lowest BCUT2D eigenvalue weighted by Crippen LogP contribution is -2.43. The number of nitrogens with two attached hydrogens (primary N) is 1. The van der Waals surface area contributed by atoms with Crippen molar-refractivity contribution in [3.05, 3.63) is 12.4 Å². The van der Waals surface area contributed by atoms with Gasteiger partial charge in [0.2, 0.25) is 0 Å². The summed E-state index contributed by atoms with van der Waals surface area (Å²) in [5.74, 6) is 0. The third-order valence-corrected chi connectivity index (χ3v) is 5.35. The van der Waals surface area contributed by atoms with Gasteiger partial charge in [-0.15, -0.1) is 0 Å². The number of aromatic nitrogens is 2. The molecule has 0 radical (unpaired) electrons. The lowest BCUT2D eigenvalue weighted by atomic mass is 9.81. The summed E-state index contributed by atoms with van der Waals surface area (Å²) in [5.41, 5.74) is 5.70. The summed E-state index contributed by atoms with van der Waals surface area (Å²) in [6.07, 6.45) is 5.69. The highest BCUT2D eigenvalue weighted by atomic mass is 16.7. The Bertz CT molecular complexity index is 564. The minimum absolute atomic E-state index is 0.114. The summed E-state index contributed by atoms with van der Waals surface area (Å²) in [7, 11) is -0.450. The maximum Gasteiger partial charge on any atom is 0.498 e. The Morgan fingerprint density at radius 2 is 1.88 bits per heavy atom. The maximum atomic E-state index is 6.02. The number of piperidine rings is 1. The molecule has 2 aliphatic rings. The lowest BCUT2D eigenvalue weighted by molar-refractivity contribution is 0.00578. The Balaban J connectivity index is 1.60. The predicted octanol–water partition coefficient (Wildman–Crippen LogP) is 0.578. The Morgan fingerprint density at radius 1 is 1.24 bits per heavy atom. The monoisotopic (exact) mass is 348 g/mol. The molecule has 0 amide bonds. The molecule has 0 bridgehead atoms. The zero-order valence-electron chi connectivity index (χ0n) is 15.7. The molecule has 2 saturated heterocycles. The second-order valence-electron chi connectivity index (χ2n) is 7.86. The van der Waals surface area contributed by atoms with Crippen molar-refractivity contribution in [2.45, 2.75) is 57.8 Å². The van der Waals surface area contributed by atoms with Crippen LogP contribution in [-0.4, -0.2) is 65.5 Å². The van der Waals surface area contributed by atoms with Crippen LogP contribution in [0.3, 0.4) is 0 Å². The molecule has 138 valence electrons. The standard InChI is InChI=1S/C17H29BN4O3/c1-16(2)17(3,4)25-18(24-16)13-10-20-15(21-11-13)23-14-6-5-8-22(12-14)9-7-19/h10-11,14H,5-9,12,19H2,1-4H3/t14-/m0/s1. The SMILES string of the molecule is CC1(C)OB(c2cnc(O[C@H]3CCCN(CCN)C3)nc2)OC1(C)C. The van der Waals surface area contributed by atoms with Gasteiger partial charge in [0, 0.05) is 37.5 Å². The Kier molecular flexibility index (Phi) is 5.34. The van der Waals surface area contributed by atoms with E-state index in [0.29, 0.717) is 12.6 Å². The van der Waals surface area contributed by atoms with Crippen molar-refractivity contribution in [1.82, 2.24) is 14.9 Å². The highest BCUT2D eigenvalue weighted by molar-refractivity contribution is 6.61. The summed E-state index contributed by atoms with van der Waals surface area (Å²) in [6.45, 7) is 11.7. The van der Waals surface area contributed by atoms with Gasteiger partial charge < -0.3 is 19.8 Å². The van der Waals surface area contributed by atoms with Crippen LogP contribution in [0.15, 0.2) is 12.4 Å². The molecule has 0 unspecified atom stereocenters. The van der Waals surface area contributed by atoms with Crippen molar-refractivity contribution < 1.29 is 14.0 Å². The van der Waals surface area contributed by atoms with Crippen LogP contribution in [0, 0.1) is 0 Å². The second-order valence-corrected chi connectivity index (χ2v) is 7.86. The molecule has 0 aromatic carbocycles. The zero-order valence-corrected chi connectivity index (χ0v) is 15.7. The largest absolute Gasteiger partial charge is 0.498 e. The van der Waals surface area contributed by atoms with Crippen LogP contribution in [0.4, 0.5) is 0 Å². The van der Waals surface area contributed by atoms with Crippen molar-refractivity contribution in [2.24, 2.45) is 5.73 Å². The number of ether oxygens (including phenoxy) is 1. The molecule has 7 nitrogen and oxygen atoms in total. The first kappa shape index (κ1) is 18.6. The second kappa shape index (κ2) is 7.19. The molecule has 2 aliphatic heterocycles. The highest BCUT2D eigenvalue weighted by Crippen LogP contribution is 2.36. The van der Waals surface area contributed by atoms with E-state index in [1.165, 1.54) is 0 Å². The van der Waals surface area contributed by atoms with Crippen molar-refractivity contribution >= 4 is 12.6 Å². The van der Waals surface area contributed by atoms with Gasteiger partial charge in [0.25, 0.3) is 0 Å². The van der Waals surface area contributed by atoms with Crippen molar-refractivity contribution in [3.8, 4) is 6.01 Å². The zero-order chi connectivity index (χ0) is 18.1. The van der Waals surface area contributed by atoms with Gasteiger partial charge >= 0.3 is 13.1 Å². The molecule has 2 fully saturated rings.